The Hall–Kier alpha value is -2.70. The molecule has 0 aliphatic carbocycles. The molecule has 1 fully saturated rings. The Bertz CT molecular complexity index is 831. The van der Waals surface area contributed by atoms with Crippen LogP contribution in [0.3, 0.4) is 0 Å². The zero-order valence-corrected chi connectivity index (χ0v) is 16.1. The van der Waals surface area contributed by atoms with Gasteiger partial charge in [-0.2, -0.15) is 0 Å². The first-order valence-corrected chi connectivity index (χ1v) is 9.61. The fourth-order valence-electron chi connectivity index (χ4n) is 3.65. The van der Waals surface area contributed by atoms with Crippen molar-refractivity contribution in [3.05, 3.63) is 60.4 Å². The maximum Gasteiger partial charge on any atom is 0.168 e. The molecule has 148 valence electrons. The summed E-state index contributed by atoms with van der Waals surface area (Å²) in [4.78, 5) is 4.63. The fourth-order valence-corrected chi connectivity index (χ4v) is 3.65. The summed E-state index contributed by atoms with van der Waals surface area (Å²) in [5, 5.41) is 10.7. The number of anilines is 1. The van der Waals surface area contributed by atoms with Crippen molar-refractivity contribution in [2.75, 3.05) is 51.3 Å². The molecule has 2 aliphatic heterocycles. The maximum absolute atomic E-state index is 10.7. The van der Waals surface area contributed by atoms with Gasteiger partial charge in [-0.1, -0.05) is 18.2 Å². The first kappa shape index (κ1) is 18.7. The Morgan fingerprint density at radius 1 is 1.07 bits per heavy atom. The Morgan fingerprint density at radius 2 is 1.89 bits per heavy atom. The molecule has 2 aromatic rings. The quantitative estimate of drug-likeness (QED) is 0.858. The predicted molar refractivity (Wildman–Crippen MR) is 108 cm³/mol. The second kappa shape index (κ2) is 8.54. The molecule has 0 radical (unpaired) electrons. The number of β-amino-alcohol motifs (C(OH)–C–C–N with tert-alkyl or cyclic N) is 1. The lowest BCUT2D eigenvalue weighted by atomic mass is 10.1. The summed E-state index contributed by atoms with van der Waals surface area (Å²) < 4.78 is 16.6. The van der Waals surface area contributed by atoms with E-state index in [9.17, 15) is 5.11 Å². The van der Waals surface area contributed by atoms with E-state index >= 15 is 0 Å². The molecule has 0 spiro atoms. The molecule has 1 atom stereocenters. The Kier molecular flexibility index (Phi) is 5.69. The number of piperazine rings is 1. The largest absolute Gasteiger partial charge is 0.495 e. The minimum atomic E-state index is -0.570. The highest BCUT2D eigenvalue weighted by Crippen LogP contribution is 2.33. The van der Waals surface area contributed by atoms with Gasteiger partial charge in [0.2, 0.25) is 0 Å². The van der Waals surface area contributed by atoms with Gasteiger partial charge >= 0.3 is 0 Å². The molecule has 4 rings (SSSR count). The third kappa shape index (κ3) is 4.08. The van der Waals surface area contributed by atoms with E-state index < -0.39 is 6.10 Å². The number of hydrogen-bond donors (Lipinski definition) is 1. The smallest absolute Gasteiger partial charge is 0.168 e. The summed E-state index contributed by atoms with van der Waals surface area (Å²) in [5.74, 6) is 2.25. The van der Waals surface area contributed by atoms with E-state index in [-0.39, 0.29) is 0 Å². The Morgan fingerprint density at radius 3 is 2.71 bits per heavy atom. The zero-order chi connectivity index (χ0) is 19.3. The molecule has 2 aromatic carbocycles. The van der Waals surface area contributed by atoms with Crippen LogP contribution in [-0.4, -0.2) is 56.4 Å². The van der Waals surface area contributed by atoms with E-state index in [4.69, 9.17) is 14.2 Å². The van der Waals surface area contributed by atoms with Gasteiger partial charge in [-0.15, -0.1) is 0 Å². The van der Waals surface area contributed by atoms with E-state index in [1.165, 1.54) is 0 Å². The predicted octanol–water partition coefficient (Wildman–Crippen LogP) is 2.84. The first-order chi connectivity index (χ1) is 13.7. The minimum absolute atomic E-state index is 0.491. The van der Waals surface area contributed by atoms with Gasteiger partial charge in [0.15, 0.2) is 11.5 Å². The average molecular weight is 382 g/mol. The molecule has 2 heterocycles. The van der Waals surface area contributed by atoms with Crippen molar-refractivity contribution in [3.63, 3.8) is 0 Å². The summed E-state index contributed by atoms with van der Waals surface area (Å²) in [5.41, 5.74) is 1.96. The van der Waals surface area contributed by atoms with Crippen LogP contribution in [0.4, 0.5) is 5.69 Å². The van der Waals surface area contributed by atoms with Crippen LogP contribution >= 0.6 is 0 Å². The number of nitrogens with zero attached hydrogens (tertiary/aromatic N) is 2. The summed E-state index contributed by atoms with van der Waals surface area (Å²) in [7, 11) is 1.70. The van der Waals surface area contributed by atoms with Crippen LogP contribution in [-0.2, 0) is 0 Å². The monoisotopic (exact) mass is 382 g/mol. The highest BCUT2D eigenvalue weighted by atomic mass is 16.5. The number of aliphatic hydroxyl groups is 1. The van der Waals surface area contributed by atoms with E-state index in [1.54, 1.807) is 13.4 Å². The molecule has 1 N–H and O–H groups in total. The molecule has 6 nitrogen and oxygen atoms in total. The molecule has 0 amide bonds. The lowest BCUT2D eigenvalue weighted by molar-refractivity contribution is 0.109. The number of aliphatic hydroxyl groups excluding tert-OH is 1. The van der Waals surface area contributed by atoms with Crippen LogP contribution in [0.25, 0.3) is 0 Å². The van der Waals surface area contributed by atoms with Crippen molar-refractivity contribution in [1.82, 2.24) is 4.90 Å². The van der Waals surface area contributed by atoms with Crippen LogP contribution in [0.2, 0.25) is 0 Å². The highest BCUT2D eigenvalue weighted by Gasteiger charge is 2.22. The number of hydrogen-bond acceptors (Lipinski definition) is 6. The summed E-state index contributed by atoms with van der Waals surface area (Å²) in [6, 6.07) is 13.7. The van der Waals surface area contributed by atoms with Gasteiger partial charge in [0.1, 0.15) is 12.4 Å². The van der Waals surface area contributed by atoms with Gasteiger partial charge in [0.25, 0.3) is 0 Å². The number of rotatable bonds is 5. The molecule has 28 heavy (non-hydrogen) atoms. The molecule has 1 unspecified atom stereocenters. The van der Waals surface area contributed by atoms with Crippen LogP contribution in [0.15, 0.2) is 54.8 Å². The molecule has 0 bridgehead atoms. The molecule has 1 saturated heterocycles. The van der Waals surface area contributed by atoms with Crippen LogP contribution in [0.5, 0.6) is 17.2 Å². The molecule has 0 aromatic heterocycles. The zero-order valence-electron chi connectivity index (χ0n) is 16.1. The van der Waals surface area contributed by atoms with Crippen molar-refractivity contribution in [3.8, 4) is 17.2 Å². The number of fused-ring (bicyclic) bond motifs is 1. The molecule has 2 aliphatic rings. The number of ether oxygens (including phenoxy) is 3. The molecule has 0 saturated carbocycles. The van der Waals surface area contributed by atoms with Crippen molar-refractivity contribution < 1.29 is 19.3 Å². The first-order valence-electron chi connectivity index (χ1n) is 9.61. The van der Waals surface area contributed by atoms with E-state index in [0.29, 0.717) is 24.7 Å². The van der Waals surface area contributed by atoms with Crippen molar-refractivity contribution >= 4 is 5.69 Å². The van der Waals surface area contributed by atoms with E-state index in [2.05, 4.69) is 15.9 Å². The van der Waals surface area contributed by atoms with Crippen LogP contribution in [0, 0.1) is 0 Å². The number of methoxy groups -OCH3 is 1. The lowest BCUT2D eigenvalue weighted by Crippen LogP contribution is -2.47. The van der Waals surface area contributed by atoms with Crippen molar-refractivity contribution in [1.29, 1.82) is 0 Å². The van der Waals surface area contributed by atoms with Crippen LogP contribution in [0.1, 0.15) is 11.7 Å². The second-order valence-electron chi connectivity index (χ2n) is 6.98. The second-order valence-corrected chi connectivity index (χ2v) is 6.98. The molecular formula is C22H26N2O4. The van der Waals surface area contributed by atoms with Gasteiger partial charge in [-0.05, 0) is 35.9 Å². The van der Waals surface area contributed by atoms with Crippen LogP contribution < -0.4 is 19.1 Å². The summed E-state index contributed by atoms with van der Waals surface area (Å²) in [6.07, 6.45) is 2.87. The van der Waals surface area contributed by atoms with Gasteiger partial charge in [0.05, 0.1) is 25.2 Å². The Balaban J connectivity index is 1.36. The van der Waals surface area contributed by atoms with E-state index in [1.807, 2.05) is 42.5 Å². The average Bonchev–Trinajstić information content (AvgIpc) is 2.99. The lowest BCUT2D eigenvalue weighted by Gasteiger charge is -2.37. The number of benzene rings is 2. The minimum Gasteiger partial charge on any atom is -0.495 e. The Labute approximate surface area is 165 Å². The standard InChI is InChI=1S/C22H26N2O4/c1-26-20-6-3-2-5-18(20)24-11-9-23(10-12-24)16-19(25)17-7-8-21-22(15-17)28-14-4-13-27-21/h2-8,14-15,19,25H,9-13,16H2,1H3. The third-order valence-corrected chi connectivity index (χ3v) is 5.21. The molecular weight excluding hydrogens is 356 g/mol. The van der Waals surface area contributed by atoms with E-state index in [0.717, 1.165) is 43.2 Å². The third-order valence-electron chi connectivity index (χ3n) is 5.21. The summed E-state index contributed by atoms with van der Waals surface area (Å²) in [6.45, 7) is 4.67. The van der Waals surface area contributed by atoms with Gasteiger partial charge in [0, 0.05) is 32.7 Å². The number of para-hydroxylation sites is 2. The van der Waals surface area contributed by atoms with Crippen molar-refractivity contribution in [2.45, 2.75) is 6.10 Å². The normalized spacial score (nSPS) is 17.9. The maximum atomic E-state index is 10.7. The molecule has 6 heteroatoms. The SMILES string of the molecule is COc1ccccc1N1CCN(CC(O)c2ccc3c(c2)OC=CCO3)CC1. The van der Waals surface area contributed by atoms with Gasteiger partial charge in [-0.25, -0.2) is 0 Å². The van der Waals surface area contributed by atoms with Gasteiger partial charge < -0.3 is 24.2 Å². The summed E-state index contributed by atoms with van der Waals surface area (Å²) >= 11 is 0. The van der Waals surface area contributed by atoms with Crippen molar-refractivity contribution in [2.24, 2.45) is 0 Å². The highest BCUT2D eigenvalue weighted by molar-refractivity contribution is 5.58. The fraction of sp³-hybridized carbons (Fsp3) is 0.364. The van der Waals surface area contributed by atoms with Gasteiger partial charge in [-0.3, -0.25) is 4.90 Å². The topological polar surface area (TPSA) is 54.4 Å².